The summed E-state index contributed by atoms with van der Waals surface area (Å²) in [5.74, 6) is 0. The molecule has 0 aliphatic carbocycles. The standard InChI is InChI=1S/C5H12N.Al.2ClH/c1-4-5-6(2)3;;;/h1,4-5H2,2-3H3;;2*1H. The summed E-state index contributed by atoms with van der Waals surface area (Å²) in [4.78, 5) is 2.20. The van der Waals surface area contributed by atoms with Crippen LogP contribution in [-0.4, -0.2) is 41.8 Å². The molecular weight excluding hydrogens is 172 g/mol. The van der Waals surface area contributed by atoms with Gasteiger partial charge in [0.25, 0.3) is 0 Å². The summed E-state index contributed by atoms with van der Waals surface area (Å²) in [7, 11) is 4.20. The van der Waals surface area contributed by atoms with Gasteiger partial charge in [-0.05, 0) is 20.6 Å². The van der Waals surface area contributed by atoms with Crippen LogP contribution in [0.1, 0.15) is 6.42 Å². The van der Waals surface area contributed by atoms with Crippen molar-refractivity contribution < 1.29 is 0 Å². The molecule has 0 aliphatic rings. The Morgan fingerprint density at radius 3 is 1.78 bits per heavy atom. The fourth-order valence-electron chi connectivity index (χ4n) is 0.408. The Labute approximate surface area is 78.4 Å². The summed E-state index contributed by atoms with van der Waals surface area (Å²) < 4.78 is 0. The van der Waals surface area contributed by atoms with Crippen molar-refractivity contribution in [1.29, 1.82) is 0 Å². The fourth-order valence-corrected chi connectivity index (χ4v) is 0.590. The molecule has 0 saturated heterocycles. The van der Waals surface area contributed by atoms with Crippen LogP contribution < -0.4 is 0 Å². The van der Waals surface area contributed by atoms with Crippen LogP contribution in [0.5, 0.6) is 0 Å². The lowest BCUT2D eigenvalue weighted by molar-refractivity contribution is 0.408. The van der Waals surface area contributed by atoms with Crippen molar-refractivity contribution in [2.75, 3.05) is 20.6 Å². The molecule has 0 aromatic heterocycles. The van der Waals surface area contributed by atoms with Gasteiger partial charge in [-0.1, -0.05) is 6.42 Å². The second-order valence-electron chi connectivity index (χ2n) is 1.95. The second kappa shape index (κ2) is 11.8. The van der Waals surface area contributed by atoms with Crippen molar-refractivity contribution >= 4 is 41.1 Å². The van der Waals surface area contributed by atoms with Gasteiger partial charge in [0, 0.05) is 0 Å². The average Bonchev–Trinajstić information content (AvgIpc) is 1.61. The van der Waals surface area contributed by atoms with E-state index in [1.165, 1.54) is 18.2 Å². The highest BCUT2D eigenvalue weighted by Crippen LogP contribution is 1.84. The lowest BCUT2D eigenvalue weighted by atomic mass is 10.5. The van der Waals surface area contributed by atoms with Crippen molar-refractivity contribution in [3.05, 3.63) is 0 Å². The number of nitrogens with zero attached hydrogens (tertiary/aromatic N) is 1. The van der Waals surface area contributed by atoms with Crippen molar-refractivity contribution in [2.45, 2.75) is 11.7 Å². The largest absolute Gasteiger partial charge is 0.309 e. The van der Waals surface area contributed by atoms with Crippen LogP contribution in [-0.2, 0) is 0 Å². The molecule has 1 nitrogen and oxygen atoms in total. The van der Waals surface area contributed by atoms with Gasteiger partial charge in [-0.25, -0.2) is 0 Å². The molecule has 0 fully saturated rings. The molecule has 0 unspecified atom stereocenters. The van der Waals surface area contributed by atoms with Crippen molar-refractivity contribution in [2.24, 2.45) is 0 Å². The summed E-state index contributed by atoms with van der Waals surface area (Å²) in [5.41, 5.74) is 0. The molecule has 4 heteroatoms. The minimum Gasteiger partial charge on any atom is -0.309 e. The van der Waals surface area contributed by atoms with Gasteiger partial charge in [0.15, 0.2) is 0 Å². The first-order valence-electron chi connectivity index (χ1n) is 2.62. The Balaban J connectivity index is -0.000000180. The van der Waals surface area contributed by atoms with E-state index in [1.54, 1.807) is 0 Å². The molecule has 0 heterocycles. The van der Waals surface area contributed by atoms with E-state index in [2.05, 4.69) is 35.3 Å². The molecule has 9 heavy (non-hydrogen) atoms. The number of hydrogen-bond acceptors (Lipinski definition) is 1. The molecule has 0 atom stereocenters. The monoisotopic (exact) mass is 185 g/mol. The van der Waals surface area contributed by atoms with E-state index in [0.29, 0.717) is 0 Å². The molecule has 0 aliphatic heterocycles. The maximum Gasteiger partial charge on any atom is 0.118 e. The highest BCUT2D eigenvalue weighted by atomic mass is 35.5. The van der Waals surface area contributed by atoms with Crippen molar-refractivity contribution in [1.82, 2.24) is 4.90 Å². The van der Waals surface area contributed by atoms with Crippen molar-refractivity contribution in [3.63, 3.8) is 0 Å². The number of hydrogen-bond donors (Lipinski definition) is 0. The van der Waals surface area contributed by atoms with Gasteiger partial charge in [-0.15, -0.1) is 30.1 Å². The van der Waals surface area contributed by atoms with E-state index in [4.69, 9.17) is 0 Å². The van der Waals surface area contributed by atoms with E-state index >= 15 is 0 Å². The zero-order valence-corrected chi connectivity index (χ0v) is 8.75. The quantitative estimate of drug-likeness (QED) is 0.601. The topological polar surface area (TPSA) is 3.24 Å². The van der Waals surface area contributed by atoms with Gasteiger partial charge >= 0.3 is 0 Å². The molecule has 2 radical (unpaired) electrons. The number of rotatable bonds is 3. The third-order valence-electron chi connectivity index (χ3n) is 0.809. The first-order valence-corrected chi connectivity index (χ1v) is 3.44. The summed E-state index contributed by atoms with van der Waals surface area (Å²) >= 11 is 2.72. The molecule has 0 aromatic rings. The first kappa shape index (κ1) is 16.6. The molecular formula is C5H14AlCl2N. The second-order valence-corrected chi connectivity index (χ2v) is 2.52. The van der Waals surface area contributed by atoms with Crippen LogP contribution in [0.2, 0.25) is 5.28 Å². The maximum atomic E-state index is 2.72. The number of halogens is 2. The minimum absolute atomic E-state index is 0. The molecule has 0 rings (SSSR count). The Bertz CT molecular complexity index is 43.9. The van der Waals surface area contributed by atoms with Crippen LogP contribution in [0.4, 0.5) is 0 Å². The molecule has 0 N–H and O–H groups in total. The SMILES string of the molecule is CN(C)CC[CH2][Al].Cl.Cl. The molecule has 0 aromatic carbocycles. The van der Waals surface area contributed by atoms with Gasteiger partial charge in [-0.2, -0.15) is 0 Å². The van der Waals surface area contributed by atoms with Gasteiger partial charge in [0.2, 0.25) is 0 Å². The Morgan fingerprint density at radius 1 is 1.22 bits per heavy atom. The molecule has 0 bridgehead atoms. The minimum atomic E-state index is 0. The van der Waals surface area contributed by atoms with E-state index in [-0.39, 0.29) is 24.8 Å². The summed E-state index contributed by atoms with van der Waals surface area (Å²) in [6, 6.07) is 0. The van der Waals surface area contributed by atoms with Gasteiger partial charge in [-0.3, -0.25) is 0 Å². The predicted molar refractivity (Wildman–Crippen MR) is 48.2 cm³/mol. The Hall–Kier alpha value is 1.07. The van der Waals surface area contributed by atoms with Gasteiger partial charge in [0.1, 0.15) is 16.3 Å². The normalized spacial score (nSPS) is 7.89. The van der Waals surface area contributed by atoms with Crippen LogP contribution >= 0.6 is 24.8 Å². The van der Waals surface area contributed by atoms with Crippen LogP contribution in [0, 0.1) is 0 Å². The summed E-state index contributed by atoms with van der Waals surface area (Å²) in [5, 5.41) is 1.22. The zero-order valence-electron chi connectivity index (χ0n) is 5.96. The van der Waals surface area contributed by atoms with E-state index in [0.717, 1.165) is 0 Å². The molecule has 0 amide bonds. The van der Waals surface area contributed by atoms with E-state index in [1.807, 2.05) is 0 Å². The Kier molecular flexibility index (Phi) is 21.8. The molecule has 56 valence electrons. The fraction of sp³-hybridized carbons (Fsp3) is 1.00. The third-order valence-corrected chi connectivity index (χ3v) is 1.22. The first-order chi connectivity index (χ1) is 3.27. The molecule has 0 saturated carbocycles. The molecule has 0 spiro atoms. The maximum absolute atomic E-state index is 2.72. The smallest absolute Gasteiger partial charge is 0.118 e. The summed E-state index contributed by atoms with van der Waals surface area (Å²) in [6.07, 6.45) is 1.29. The highest BCUT2D eigenvalue weighted by molar-refractivity contribution is 6.08. The Morgan fingerprint density at radius 2 is 1.67 bits per heavy atom. The highest BCUT2D eigenvalue weighted by Gasteiger charge is 1.83. The lowest BCUT2D eigenvalue weighted by Crippen LogP contribution is -2.12. The third kappa shape index (κ3) is 17.6. The van der Waals surface area contributed by atoms with Crippen molar-refractivity contribution in [3.8, 4) is 0 Å². The lowest BCUT2D eigenvalue weighted by Gasteiger charge is -2.06. The van der Waals surface area contributed by atoms with Gasteiger partial charge in [0.05, 0.1) is 0 Å². The van der Waals surface area contributed by atoms with Crippen LogP contribution in [0.3, 0.4) is 0 Å². The zero-order chi connectivity index (χ0) is 5.70. The predicted octanol–water partition coefficient (Wildman–Crippen LogP) is 1.37. The van der Waals surface area contributed by atoms with E-state index < -0.39 is 0 Å². The van der Waals surface area contributed by atoms with Crippen LogP contribution in [0.15, 0.2) is 0 Å². The summed E-state index contributed by atoms with van der Waals surface area (Å²) in [6.45, 7) is 1.21. The van der Waals surface area contributed by atoms with Crippen LogP contribution in [0.25, 0.3) is 0 Å². The van der Waals surface area contributed by atoms with E-state index in [9.17, 15) is 0 Å². The average molecular weight is 186 g/mol. The van der Waals surface area contributed by atoms with Gasteiger partial charge < -0.3 is 4.90 Å².